The first-order valence-electron chi connectivity index (χ1n) is 11.1. The smallest absolute Gasteiger partial charge is 0.244 e. The van der Waals surface area contributed by atoms with Crippen molar-refractivity contribution in [3.05, 3.63) is 64.1 Å². The lowest BCUT2D eigenvalue weighted by molar-refractivity contribution is -0.139. The van der Waals surface area contributed by atoms with Gasteiger partial charge in [0.15, 0.2) is 0 Å². The Morgan fingerprint density at radius 2 is 1.71 bits per heavy atom. The van der Waals surface area contributed by atoms with Gasteiger partial charge >= 0.3 is 0 Å². The van der Waals surface area contributed by atoms with Crippen LogP contribution < -0.4 is 9.62 Å². The molecule has 184 valence electrons. The number of amides is 2. The summed E-state index contributed by atoms with van der Waals surface area (Å²) >= 11 is 12.2. The Balaban J connectivity index is 1.87. The normalized spacial score (nSPS) is 15.1. The van der Waals surface area contributed by atoms with Crippen LogP contribution in [-0.4, -0.2) is 50.0 Å². The molecule has 0 aromatic heterocycles. The molecule has 2 aromatic carbocycles. The number of benzene rings is 2. The van der Waals surface area contributed by atoms with E-state index in [9.17, 15) is 18.0 Å². The molecule has 1 aliphatic rings. The van der Waals surface area contributed by atoms with E-state index in [0.717, 1.165) is 36.2 Å². The fraction of sp³-hybridized carbons (Fsp3) is 0.417. The number of para-hydroxylation sites is 1. The molecule has 0 bridgehead atoms. The van der Waals surface area contributed by atoms with Gasteiger partial charge in [-0.05, 0) is 49.6 Å². The molecule has 0 heterocycles. The first kappa shape index (κ1) is 26.3. The second-order valence-electron chi connectivity index (χ2n) is 8.54. The van der Waals surface area contributed by atoms with Crippen LogP contribution in [0.2, 0.25) is 10.0 Å². The standard InChI is InChI=1S/C24H29Cl2N3O4S/c1-17(24(31)27-19-8-6-7-9-19)28(15-18-12-13-21(25)22(26)14-18)23(30)16-29(34(2,32)33)20-10-4-3-5-11-20/h3-5,10-14,17,19H,6-9,15-16H2,1-2H3,(H,27,31)/t17-/m1/s1. The van der Waals surface area contributed by atoms with Crippen LogP contribution in [-0.2, 0) is 26.2 Å². The van der Waals surface area contributed by atoms with Crippen LogP contribution in [0.1, 0.15) is 38.2 Å². The first-order valence-corrected chi connectivity index (χ1v) is 13.7. The van der Waals surface area contributed by atoms with Crippen molar-refractivity contribution >= 4 is 50.7 Å². The van der Waals surface area contributed by atoms with E-state index in [-0.39, 0.29) is 18.5 Å². The van der Waals surface area contributed by atoms with E-state index in [2.05, 4.69) is 5.32 Å². The Morgan fingerprint density at radius 3 is 2.29 bits per heavy atom. The highest BCUT2D eigenvalue weighted by molar-refractivity contribution is 7.92. The van der Waals surface area contributed by atoms with E-state index in [1.54, 1.807) is 55.5 Å². The third-order valence-electron chi connectivity index (χ3n) is 5.93. The number of nitrogens with zero attached hydrogens (tertiary/aromatic N) is 2. The van der Waals surface area contributed by atoms with Crippen LogP contribution >= 0.6 is 23.2 Å². The molecule has 7 nitrogen and oxygen atoms in total. The summed E-state index contributed by atoms with van der Waals surface area (Å²) in [6, 6.07) is 12.6. The van der Waals surface area contributed by atoms with E-state index in [0.29, 0.717) is 21.3 Å². The predicted molar refractivity (Wildman–Crippen MR) is 136 cm³/mol. The van der Waals surface area contributed by atoms with E-state index >= 15 is 0 Å². The van der Waals surface area contributed by atoms with Gasteiger partial charge in [-0.3, -0.25) is 13.9 Å². The molecule has 1 atom stereocenters. The number of sulfonamides is 1. The molecule has 1 N–H and O–H groups in total. The molecule has 2 amide bonds. The summed E-state index contributed by atoms with van der Waals surface area (Å²) in [4.78, 5) is 27.9. The van der Waals surface area contributed by atoms with Crippen LogP contribution in [0.5, 0.6) is 0 Å². The molecule has 1 aliphatic carbocycles. The minimum absolute atomic E-state index is 0.0708. The van der Waals surface area contributed by atoms with Gasteiger partial charge in [-0.2, -0.15) is 0 Å². The number of hydrogen-bond acceptors (Lipinski definition) is 4. The zero-order valence-electron chi connectivity index (χ0n) is 19.2. The molecular formula is C24H29Cl2N3O4S. The van der Waals surface area contributed by atoms with Gasteiger partial charge in [-0.1, -0.05) is 60.3 Å². The van der Waals surface area contributed by atoms with E-state index in [4.69, 9.17) is 23.2 Å². The fourth-order valence-electron chi connectivity index (χ4n) is 4.02. The number of halogens is 2. The molecule has 2 aromatic rings. The molecular weight excluding hydrogens is 497 g/mol. The van der Waals surface area contributed by atoms with Crippen molar-refractivity contribution in [1.29, 1.82) is 0 Å². The molecule has 0 radical (unpaired) electrons. The molecule has 0 spiro atoms. The Bertz CT molecular complexity index is 1120. The average molecular weight is 526 g/mol. The topological polar surface area (TPSA) is 86.8 Å². The molecule has 10 heteroatoms. The minimum Gasteiger partial charge on any atom is -0.352 e. The predicted octanol–water partition coefficient (Wildman–Crippen LogP) is 4.24. The monoisotopic (exact) mass is 525 g/mol. The second-order valence-corrected chi connectivity index (χ2v) is 11.3. The first-order chi connectivity index (χ1) is 16.1. The third-order valence-corrected chi connectivity index (χ3v) is 7.81. The number of nitrogens with one attached hydrogen (secondary N) is 1. The van der Waals surface area contributed by atoms with Crippen molar-refractivity contribution in [3.63, 3.8) is 0 Å². The number of rotatable bonds is 9. The molecule has 0 aliphatic heterocycles. The summed E-state index contributed by atoms with van der Waals surface area (Å²) in [5.74, 6) is -0.777. The molecule has 34 heavy (non-hydrogen) atoms. The van der Waals surface area contributed by atoms with Gasteiger partial charge in [-0.25, -0.2) is 8.42 Å². The van der Waals surface area contributed by atoms with Crippen LogP contribution in [0.15, 0.2) is 48.5 Å². The van der Waals surface area contributed by atoms with E-state index < -0.39 is 28.5 Å². The Labute approximate surface area is 211 Å². The maximum Gasteiger partial charge on any atom is 0.244 e. The zero-order chi connectivity index (χ0) is 24.9. The molecule has 0 unspecified atom stereocenters. The Kier molecular flexibility index (Phi) is 8.84. The molecule has 3 rings (SSSR count). The fourth-order valence-corrected chi connectivity index (χ4v) is 5.19. The van der Waals surface area contributed by atoms with Crippen molar-refractivity contribution < 1.29 is 18.0 Å². The lowest BCUT2D eigenvalue weighted by atomic mass is 10.1. The summed E-state index contributed by atoms with van der Waals surface area (Å²) in [5, 5.41) is 3.73. The zero-order valence-corrected chi connectivity index (χ0v) is 21.5. The van der Waals surface area contributed by atoms with Gasteiger partial charge in [0, 0.05) is 12.6 Å². The quantitative estimate of drug-likeness (QED) is 0.530. The highest BCUT2D eigenvalue weighted by Crippen LogP contribution is 2.25. The summed E-state index contributed by atoms with van der Waals surface area (Å²) < 4.78 is 26.1. The Hall–Kier alpha value is -2.29. The second kappa shape index (κ2) is 11.4. The number of hydrogen-bond donors (Lipinski definition) is 1. The third kappa shape index (κ3) is 6.87. The van der Waals surface area contributed by atoms with Gasteiger partial charge in [0.2, 0.25) is 21.8 Å². The van der Waals surface area contributed by atoms with Crippen molar-refractivity contribution in [2.24, 2.45) is 0 Å². The van der Waals surface area contributed by atoms with Crippen molar-refractivity contribution in [2.75, 3.05) is 17.1 Å². The van der Waals surface area contributed by atoms with Crippen LogP contribution in [0.25, 0.3) is 0 Å². The molecule has 0 saturated heterocycles. The lowest BCUT2D eigenvalue weighted by Crippen LogP contribution is -2.52. The molecule has 1 saturated carbocycles. The lowest BCUT2D eigenvalue weighted by Gasteiger charge is -2.32. The van der Waals surface area contributed by atoms with Gasteiger partial charge in [0.05, 0.1) is 22.0 Å². The Morgan fingerprint density at radius 1 is 1.06 bits per heavy atom. The van der Waals surface area contributed by atoms with Gasteiger partial charge < -0.3 is 10.2 Å². The number of carbonyl (C=O) groups is 2. The maximum atomic E-state index is 13.5. The summed E-state index contributed by atoms with van der Waals surface area (Å²) in [5.41, 5.74) is 1.05. The van der Waals surface area contributed by atoms with Crippen LogP contribution in [0.3, 0.4) is 0 Å². The summed E-state index contributed by atoms with van der Waals surface area (Å²) in [7, 11) is -3.75. The van der Waals surface area contributed by atoms with Gasteiger partial charge in [0.1, 0.15) is 12.6 Å². The van der Waals surface area contributed by atoms with Gasteiger partial charge in [-0.15, -0.1) is 0 Å². The minimum atomic E-state index is -3.75. The van der Waals surface area contributed by atoms with E-state index in [1.165, 1.54) is 4.90 Å². The molecule has 1 fully saturated rings. The van der Waals surface area contributed by atoms with E-state index in [1.807, 2.05) is 0 Å². The van der Waals surface area contributed by atoms with Crippen molar-refractivity contribution in [1.82, 2.24) is 10.2 Å². The van der Waals surface area contributed by atoms with Crippen LogP contribution in [0, 0.1) is 0 Å². The highest BCUT2D eigenvalue weighted by Gasteiger charge is 2.31. The van der Waals surface area contributed by atoms with Crippen LogP contribution in [0.4, 0.5) is 5.69 Å². The SMILES string of the molecule is C[C@H](C(=O)NC1CCCC1)N(Cc1ccc(Cl)c(Cl)c1)C(=O)CN(c1ccccc1)S(C)(=O)=O. The average Bonchev–Trinajstić information content (AvgIpc) is 3.30. The summed E-state index contributed by atoms with van der Waals surface area (Å²) in [6.45, 7) is 1.28. The number of anilines is 1. The van der Waals surface area contributed by atoms with Gasteiger partial charge in [0.25, 0.3) is 0 Å². The summed E-state index contributed by atoms with van der Waals surface area (Å²) in [6.07, 6.45) is 4.99. The van der Waals surface area contributed by atoms with Crippen molar-refractivity contribution in [2.45, 2.75) is 51.2 Å². The van der Waals surface area contributed by atoms with Crippen molar-refractivity contribution in [3.8, 4) is 0 Å². The highest BCUT2D eigenvalue weighted by atomic mass is 35.5. The maximum absolute atomic E-state index is 13.5. The largest absolute Gasteiger partial charge is 0.352 e. The number of carbonyl (C=O) groups excluding carboxylic acids is 2.